The summed E-state index contributed by atoms with van der Waals surface area (Å²) in [7, 11) is -3.02. The summed E-state index contributed by atoms with van der Waals surface area (Å²) in [5.74, 6) is 0.128. The molecule has 0 saturated carbocycles. The Morgan fingerprint density at radius 2 is 1.18 bits per heavy atom. The van der Waals surface area contributed by atoms with E-state index in [2.05, 4.69) is 31.2 Å². The smallest absolute Gasteiger partial charge is 0.156 e. The lowest BCUT2D eigenvalue weighted by Gasteiger charge is -2.08. The van der Waals surface area contributed by atoms with Crippen molar-refractivity contribution in [3.05, 3.63) is 70.8 Å². The number of benzene rings is 2. The van der Waals surface area contributed by atoms with Crippen LogP contribution in [-0.4, -0.2) is 13.7 Å². The zero-order valence-electron chi connectivity index (χ0n) is 13.5. The summed E-state index contributed by atoms with van der Waals surface area (Å²) in [6.45, 7) is 5.55. The molecule has 0 aliphatic rings. The highest BCUT2D eigenvalue weighted by Crippen LogP contribution is 2.14. The molecule has 2 nitrogen and oxygen atoms in total. The van der Waals surface area contributed by atoms with Crippen LogP contribution in [0, 0.1) is 6.92 Å². The summed E-state index contributed by atoms with van der Waals surface area (Å²) in [6, 6.07) is 16.6. The van der Waals surface area contributed by atoms with Gasteiger partial charge in [-0.3, -0.25) is 0 Å². The molecular formula is C19H24O2S. The van der Waals surface area contributed by atoms with E-state index in [-0.39, 0.29) is 11.0 Å². The molecule has 0 amide bonds. The first-order valence-electron chi connectivity index (χ1n) is 7.72. The van der Waals surface area contributed by atoms with Gasteiger partial charge in [0.25, 0.3) is 0 Å². The van der Waals surface area contributed by atoms with Crippen molar-refractivity contribution in [3.8, 4) is 0 Å². The molecule has 118 valence electrons. The Morgan fingerprint density at radius 3 is 1.64 bits per heavy atom. The summed E-state index contributed by atoms with van der Waals surface area (Å²) < 4.78 is 23.8. The van der Waals surface area contributed by atoms with E-state index >= 15 is 0 Å². The highest BCUT2D eigenvalue weighted by atomic mass is 32.2. The molecule has 0 unspecified atom stereocenters. The third-order valence-corrected chi connectivity index (χ3v) is 6.10. The Bertz CT molecular complexity index is 696. The van der Waals surface area contributed by atoms with Crippen molar-refractivity contribution in [2.75, 3.05) is 0 Å². The van der Waals surface area contributed by atoms with Crippen molar-refractivity contribution in [1.82, 2.24) is 0 Å². The predicted octanol–water partition coefficient (Wildman–Crippen LogP) is 4.10. The molecule has 0 aliphatic heterocycles. The average Bonchev–Trinajstić information content (AvgIpc) is 2.48. The van der Waals surface area contributed by atoms with Crippen molar-refractivity contribution >= 4 is 9.84 Å². The van der Waals surface area contributed by atoms with Crippen LogP contribution in [0.3, 0.4) is 0 Å². The molecule has 2 aromatic carbocycles. The van der Waals surface area contributed by atoms with Crippen molar-refractivity contribution < 1.29 is 8.42 Å². The topological polar surface area (TPSA) is 34.1 Å². The van der Waals surface area contributed by atoms with Gasteiger partial charge >= 0.3 is 0 Å². The first kappa shape index (κ1) is 16.8. The van der Waals surface area contributed by atoms with Crippen LogP contribution in [0.1, 0.15) is 36.1 Å². The normalized spacial score (nSPS) is 11.8. The van der Waals surface area contributed by atoms with E-state index in [1.54, 1.807) is 13.8 Å². The first-order chi connectivity index (χ1) is 10.4. The molecule has 0 spiro atoms. The van der Waals surface area contributed by atoms with Gasteiger partial charge in [-0.25, -0.2) is 8.42 Å². The Morgan fingerprint density at radius 1 is 0.773 bits per heavy atom. The molecule has 2 rings (SSSR count). The molecule has 0 fully saturated rings. The minimum Gasteiger partial charge on any atom is -0.228 e. The van der Waals surface area contributed by atoms with Crippen LogP contribution in [0.2, 0.25) is 0 Å². The van der Waals surface area contributed by atoms with Crippen LogP contribution >= 0.6 is 0 Å². The monoisotopic (exact) mass is 316 g/mol. The maximum atomic E-state index is 11.9. The van der Waals surface area contributed by atoms with Gasteiger partial charge in [0, 0.05) is 0 Å². The number of sulfone groups is 1. The lowest BCUT2D eigenvalue weighted by atomic mass is 10.0. The maximum Gasteiger partial charge on any atom is 0.156 e. The van der Waals surface area contributed by atoms with E-state index in [4.69, 9.17) is 0 Å². The quantitative estimate of drug-likeness (QED) is 0.804. The van der Waals surface area contributed by atoms with Gasteiger partial charge in [-0.15, -0.1) is 0 Å². The largest absolute Gasteiger partial charge is 0.228 e. The molecule has 2 aromatic rings. The molecule has 0 heterocycles. The lowest BCUT2D eigenvalue weighted by molar-refractivity contribution is 0.586. The first-order valence-corrected chi connectivity index (χ1v) is 9.43. The zero-order chi connectivity index (χ0) is 16.2. The predicted molar refractivity (Wildman–Crippen MR) is 92.8 cm³/mol. The van der Waals surface area contributed by atoms with Gasteiger partial charge in [-0.2, -0.15) is 0 Å². The van der Waals surface area contributed by atoms with Gasteiger partial charge < -0.3 is 0 Å². The second-order valence-corrected chi connectivity index (χ2v) is 8.72. The molecule has 0 saturated heterocycles. The number of aryl methyl sites for hydroxylation is 3. The lowest BCUT2D eigenvalue weighted by Crippen LogP contribution is -2.15. The molecular weight excluding hydrogens is 292 g/mol. The fourth-order valence-corrected chi connectivity index (χ4v) is 3.23. The Labute approximate surface area is 134 Å². The highest BCUT2D eigenvalue weighted by molar-refractivity contribution is 7.91. The third-order valence-electron chi connectivity index (χ3n) is 3.93. The summed E-state index contributed by atoms with van der Waals surface area (Å²) in [4.78, 5) is 0. The van der Waals surface area contributed by atoms with Gasteiger partial charge in [0.05, 0.1) is 11.0 Å². The molecule has 0 N–H and O–H groups in total. The second kappa shape index (κ2) is 7.10. The summed E-state index contributed by atoms with van der Waals surface area (Å²) >= 11 is 0. The van der Waals surface area contributed by atoms with E-state index in [1.165, 1.54) is 16.7 Å². The molecule has 0 aliphatic carbocycles. The van der Waals surface area contributed by atoms with Gasteiger partial charge in [0.1, 0.15) is 0 Å². The Balaban J connectivity index is 1.96. The van der Waals surface area contributed by atoms with Crippen LogP contribution in [0.25, 0.3) is 0 Å². The van der Waals surface area contributed by atoms with E-state index in [0.29, 0.717) is 0 Å². The SMILES string of the molecule is Cc1ccc(CCc2ccc(CS(=O)(=O)C(C)C)cc2)cc1. The maximum absolute atomic E-state index is 11.9. The van der Waals surface area contributed by atoms with Crippen LogP contribution in [0.5, 0.6) is 0 Å². The van der Waals surface area contributed by atoms with Crippen molar-refractivity contribution in [3.63, 3.8) is 0 Å². The number of hydrogen-bond donors (Lipinski definition) is 0. The summed E-state index contributed by atoms with van der Waals surface area (Å²) in [5, 5.41) is -0.325. The Hall–Kier alpha value is -1.61. The Kier molecular flexibility index (Phi) is 5.41. The van der Waals surface area contributed by atoms with Crippen LogP contribution in [0.15, 0.2) is 48.5 Å². The highest BCUT2D eigenvalue weighted by Gasteiger charge is 2.16. The molecule has 0 radical (unpaired) electrons. The van der Waals surface area contributed by atoms with Gasteiger partial charge in [-0.05, 0) is 50.3 Å². The second-order valence-electron chi connectivity index (χ2n) is 6.16. The summed E-state index contributed by atoms with van der Waals surface area (Å²) in [5.41, 5.74) is 4.72. The van der Waals surface area contributed by atoms with Crippen molar-refractivity contribution in [2.24, 2.45) is 0 Å². The van der Waals surface area contributed by atoms with Gasteiger partial charge in [0.15, 0.2) is 9.84 Å². The standard InChI is InChI=1S/C19H24O2S/c1-15(2)22(20,21)14-19-12-10-18(11-13-19)9-8-17-6-4-16(3)5-7-17/h4-7,10-13,15H,8-9,14H2,1-3H3. The molecule has 3 heteroatoms. The van der Waals surface area contributed by atoms with Crippen molar-refractivity contribution in [1.29, 1.82) is 0 Å². The van der Waals surface area contributed by atoms with E-state index in [9.17, 15) is 8.42 Å². The number of hydrogen-bond acceptors (Lipinski definition) is 2. The number of rotatable bonds is 6. The zero-order valence-corrected chi connectivity index (χ0v) is 14.4. The minimum absolute atomic E-state index is 0.128. The van der Waals surface area contributed by atoms with Crippen molar-refractivity contribution in [2.45, 2.75) is 44.6 Å². The van der Waals surface area contributed by atoms with Gasteiger partial charge in [-0.1, -0.05) is 54.1 Å². The van der Waals surface area contributed by atoms with E-state index in [1.807, 2.05) is 24.3 Å². The van der Waals surface area contributed by atoms with Crippen LogP contribution < -0.4 is 0 Å². The summed E-state index contributed by atoms with van der Waals surface area (Å²) in [6.07, 6.45) is 1.98. The molecule has 0 atom stereocenters. The molecule has 0 bridgehead atoms. The van der Waals surface area contributed by atoms with E-state index in [0.717, 1.165) is 18.4 Å². The minimum atomic E-state index is -3.02. The molecule has 0 aromatic heterocycles. The average molecular weight is 316 g/mol. The van der Waals surface area contributed by atoms with Crippen LogP contribution in [0.4, 0.5) is 0 Å². The fourth-order valence-electron chi connectivity index (χ4n) is 2.24. The van der Waals surface area contributed by atoms with Gasteiger partial charge in [0.2, 0.25) is 0 Å². The fraction of sp³-hybridized carbons (Fsp3) is 0.368. The van der Waals surface area contributed by atoms with E-state index < -0.39 is 9.84 Å². The molecule has 22 heavy (non-hydrogen) atoms. The third kappa shape index (κ3) is 4.70. The van der Waals surface area contributed by atoms with Crippen LogP contribution in [-0.2, 0) is 28.4 Å².